The van der Waals surface area contributed by atoms with E-state index >= 15 is 0 Å². The van der Waals surface area contributed by atoms with Gasteiger partial charge in [-0.1, -0.05) is 0 Å². The highest BCUT2D eigenvalue weighted by Gasteiger charge is 2.41. The van der Waals surface area contributed by atoms with E-state index in [2.05, 4.69) is 5.10 Å². The van der Waals surface area contributed by atoms with E-state index in [0.717, 1.165) is 15.8 Å². The molecule has 0 spiro atoms. The Hall–Kier alpha value is -1.58. The molecule has 1 fully saturated rings. The SMILES string of the molecule is CCn1cc(C(=O)N(C)C2CCS(=O)(=O)C2)c(C(F)(F)F)n1. The first-order valence-corrected chi connectivity index (χ1v) is 8.49. The molecule has 1 aliphatic heterocycles. The van der Waals surface area contributed by atoms with Crippen LogP contribution in [0.3, 0.4) is 0 Å². The quantitative estimate of drug-likeness (QED) is 0.829. The number of nitrogens with zero attached hydrogens (tertiary/aromatic N) is 3. The minimum atomic E-state index is -4.74. The van der Waals surface area contributed by atoms with Crippen LogP contribution in [0, 0.1) is 0 Å². The molecular formula is C12H16F3N3O3S. The van der Waals surface area contributed by atoms with Crippen molar-refractivity contribution in [2.45, 2.75) is 32.1 Å². The first kappa shape index (κ1) is 16.8. The maximum Gasteiger partial charge on any atom is 0.435 e. The Morgan fingerprint density at radius 2 is 2.14 bits per heavy atom. The molecule has 1 aromatic rings. The Morgan fingerprint density at radius 3 is 2.59 bits per heavy atom. The van der Waals surface area contributed by atoms with Crippen molar-refractivity contribution in [3.63, 3.8) is 0 Å². The van der Waals surface area contributed by atoms with Crippen LogP contribution in [-0.2, 0) is 22.6 Å². The van der Waals surface area contributed by atoms with Crippen molar-refractivity contribution in [2.24, 2.45) is 0 Å². The zero-order valence-electron chi connectivity index (χ0n) is 12.1. The Bertz CT molecular complexity index is 682. The number of halogens is 3. The van der Waals surface area contributed by atoms with Gasteiger partial charge in [0.05, 0.1) is 17.1 Å². The highest BCUT2D eigenvalue weighted by atomic mass is 32.2. The summed E-state index contributed by atoms with van der Waals surface area (Å²) in [6.07, 6.45) is -3.47. The average Bonchev–Trinajstić information content (AvgIpc) is 2.99. The molecule has 10 heteroatoms. The third-order valence-electron chi connectivity index (χ3n) is 3.66. The van der Waals surface area contributed by atoms with Crippen LogP contribution in [0.25, 0.3) is 0 Å². The second-order valence-electron chi connectivity index (χ2n) is 5.22. The van der Waals surface area contributed by atoms with Gasteiger partial charge in [-0.15, -0.1) is 0 Å². The van der Waals surface area contributed by atoms with Crippen molar-refractivity contribution >= 4 is 15.7 Å². The zero-order chi connectivity index (χ0) is 16.7. The van der Waals surface area contributed by atoms with E-state index in [0.29, 0.717) is 0 Å². The van der Waals surface area contributed by atoms with Crippen molar-refractivity contribution < 1.29 is 26.4 Å². The molecule has 0 aliphatic carbocycles. The second kappa shape index (κ2) is 5.56. The number of aromatic nitrogens is 2. The molecule has 1 amide bonds. The fourth-order valence-electron chi connectivity index (χ4n) is 2.39. The van der Waals surface area contributed by atoms with Crippen LogP contribution in [-0.4, -0.2) is 53.6 Å². The fraction of sp³-hybridized carbons (Fsp3) is 0.667. The Kier molecular flexibility index (Phi) is 4.24. The van der Waals surface area contributed by atoms with E-state index in [-0.39, 0.29) is 24.5 Å². The lowest BCUT2D eigenvalue weighted by molar-refractivity contribution is -0.141. The van der Waals surface area contributed by atoms with Gasteiger partial charge in [-0.3, -0.25) is 9.48 Å². The van der Waals surface area contributed by atoms with E-state index in [1.165, 1.54) is 7.05 Å². The van der Waals surface area contributed by atoms with E-state index in [4.69, 9.17) is 0 Å². The van der Waals surface area contributed by atoms with Gasteiger partial charge in [-0.05, 0) is 13.3 Å². The molecule has 2 heterocycles. The lowest BCUT2D eigenvalue weighted by Gasteiger charge is -2.23. The average molecular weight is 339 g/mol. The summed E-state index contributed by atoms with van der Waals surface area (Å²) in [6, 6.07) is -0.608. The summed E-state index contributed by atoms with van der Waals surface area (Å²) in [5.41, 5.74) is -1.80. The van der Waals surface area contributed by atoms with Crippen LogP contribution in [0.5, 0.6) is 0 Å². The molecule has 0 saturated carbocycles. The summed E-state index contributed by atoms with van der Waals surface area (Å²) in [4.78, 5) is 13.4. The molecule has 22 heavy (non-hydrogen) atoms. The van der Waals surface area contributed by atoms with Crippen molar-refractivity contribution in [3.05, 3.63) is 17.5 Å². The number of hydrogen-bond acceptors (Lipinski definition) is 4. The van der Waals surface area contributed by atoms with Crippen LogP contribution in [0.2, 0.25) is 0 Å². The lowest BCUT2D eigenvalue weighted by atomic mass is 10.1. The maximum atomic E-state index is 13.0. The number of hydrogen-bond donors (Lipinski definition) is 0. The largest absolute Gasteiger partial charge is 0.435 e. The summed E-state index contributed by atoms with van der Waals surface area (Å²) in [6.45, 7) is 1.80. The summed E-state index contributed by atoms with van der Waals surface area (Å²) in [5.74, 6) is -1.15. The first-order chi connectivity index (χ1) is 10.0. The van der Waals surface area contributed by atoms with E-state index < -0.39 is 39.2 Å². The van der Waals surface area contributed by atoms with Crippen LogP contribution in [0.4, 0.5) is 13.2 Å². The third kappa shape index (κ3) is 3.26. The third-order valence-corrected chi connectivity index (χ3v) is 5.41. The molecular weight excluding hydrogens is 323 g/mol. The molecule has 6 nitrogen and oxygen atoms in total. The number of amides is 1. The minimum Gasteiger partial charge on any atom is -0.338 e. The molecule has 0 aromatic carbocycles. The Morgan fingerprint density at radius 1 is 1.50 bits per heavy atom. The van der Waals surface area contributed by atoms with Gasteiger partial charge in [0.2, 0.25) is 0 Å². The van der Waals surface area contributed by atoms with Crippen molar-refractivity contribution in [2.75, 3.05) is 18.6 Å². The topological polar surface area (TPSA) is 72.3 Å². The van der Waals surface area contributed by atoms with Gasteiger partial charge < -0.3 is 4.90 Å². The lowest BCUT2D eigenvalue weighted by Crippen LogP contribution is -2.38. The minimum absolute atomic E-state index is 0.0599. The monoisotopic (exact) mass is 339 g/mol. The van der Waals surface area contributed by atoms with Crippen molar-refractivity contribution in [1.29, 1.82) is 0 Å². The molecule has 0 bridgehead atoms. The van der Waals surface area contributed by atoms with Gasteiger partial charge in [0.25, 0.3) is 5.91 Å². The number of aryl methyl sites for hydroxylation is 1. The van der Waals surface area contributed by atoms with Crippen LogP contribution in [0.15, 0.2) is 6.20 Å². The number of carbonyl (C=O) groups excluding carboxylic acids is 1. The maximum absolute atomic E-state index is 13.0. The fourth-order valence-corrected chi connectivity index (χ4v) is 4.16. The normalized spacial score (nSPS) is 21.0. The summed E-state index contributed by atoms with van der Waals surface area (Å²) in [7, 11) is -1.91. The predicted molar refractivity (Wildman–Crippen MR) is 72.1 cm³/mol. The number of alkyl halides is 3. The molecule has 1 saturated heterocycles. The number of carbonyl (C=O) groups is 1. The molecule has 1 atom stereocenters. The molecule has 124 valence electrons. The second-order valence-corrected chi connectivity index (χ2v) is 7.45. The highest BCUT2D eigenvalue weighted by Crippen LogP contribution is 2.32. The predicted octanol–water partition coefficient (Wildman–Crippen LogP) is 1.18. The van der Waals surface area contributed by atoms with E-state index in [1.54, 1.807) is 6.92 Å². The van der Waals surface area contributed by atoms with Gasteiger partial charge in [0.1, 0.15) is 0 Å². The Balaban J connectivity index is 2.31. The van der Waals surface area contributed by atoms with Gasteiger partial charge >= 0.3 is 6.18 Å². The smallest absolute Gasteiger partial charge is 0.338 e. The summed E-state index contributed by atoms with van der Waals surface area (Å²) in [5, 5.41) is 3.38. The van der Waals surface area contributed by atoms with Crippen molar-refractivity contribution in [1.82, 2.24) is 14.7 Å². The van der Waals surface area contributed by atoms with Crippen molar-refractivity contribution in [3.8, 4) is 0 Å². The van der Waals surface area contributed by atoms with Crippen LogP contribution < -0.4 is 0 Å². The number of sulfone groups is 1. The number of rotatable bonds is 3. The van der Waals surface area contributed by atoms with Gasteiger partial charge in [-0.25, -0.2) is 8.42 Å². The Labute approximate surface area is 125 Å². The molecule has 1 aliphatic rings. The van der Waals surface area contributed by atoms with Crippen LogP contribution >= 0.6 is 0 Å². The first-order valence-electron chi connectivity index (χ1n) is 6.67. The zero-order valence-corrected chi connectivity index (χ0v) is 12.9. The van der Waals surface area contributed by atoms with E-state index in [1.807, 2.05) is 0 Å². The summed E-state index contributed by atoms with van der Waals surface area (Å²) < 4.78 is 62.9. The molecule has 0 radical (unpaired) electrons. The highest BCUT2D eigenvalue weighted by molar-refractivity contribution is 7.91. The van der Waals surface area contributed by atoms with Gasteiger partial charge in [-0.2, -0.15) is 18.3 Å². The molecule has 0 N–H and O–H groups in total. The molecule has 1 unspecified atom stereocenters. The van der Waals surface area contributed by atoms with E-state index in [9.17, 15) is 26.4 Å². The van der Waals surface area contributed by atoms with Gasteiger partial charge in [0, 0.05) is 25.8 Å². The molecule has 1 aromatic heterocycles. The summed E-state index contributed by atoms with van der Waals surface area (Å²) >= 11 is 0. The standard InChI is InChI=1S/C12H16F3N3O3S/c1-3-18-6-9(10(16-18)12(13,14)15)11(19)17(2)8-4-5-22(20,21)7-8/h6,8H,3-5,7H2,1-2H3. The van der Waals surface area contributed by atoms with Crippen LogP contribution in [0.1, 0.15) is 29.4 Å². The molecule has 2 rings (SSSR count). The van der Waals surface area contributed by atoms with Gasteiger partial charge in [0.15, 0.2) is 15.5 Å².